The van der Waals surface area contributed by atoms with Gasteiger partial charge in [0.1, 0.15) is 0 Å². The molecule has 23 heavy (non-hydrogen) atoms. The lowest BCUT2D eigenvalue weighted by Gasteiger charge is -2.08. The molecule has 0 atom stereocenters. The second-order valence-corrected chi connectivity index (χ2v) is 7.73. The van der Waals surface area contributed by atoms with Gasteiger partial charge in [0.2, 0.25) is 10.0 Å². The van der Waals surface area contributed by atoms with E-state index in [-0.39, 0.29) is 24.7 Å². The Balaban J connectivity index is 1.79. The highest BCUT2D eigenvalue weighted by molar-refractivity contribution is 9.10. The molecule has 0 radical (unpaired) electrons. The Kier molecular flexibility index (Phi) is 6.32. The molecule has 0 spiro atoms. The zero-order chi connectivity index (χ0) is 16.7. The summed E-state index contributed by atoms with van der Waals surface area (Å²) < 4.78 is 27.1. The van der Waals surface area contributed by atoms with Crippen molar-refractivity contribution in [2.75, 3.05) is 12.3 Å². The number of carbonyl (C=O) groups is 1. The van der Waals surface area contributed by atoms with Gasteiger partial charge >= 0.3 is 0 Å². The number of nitrogens with one attached hydrogen (secondary N) is 2. The summed E-state index contributed by atoms with van der Waals surface area (Å²) in [5, 5.41) is 2.60. The average Bonchev–Trinajstić information content (AvgIpc) is 2.54. The molecule has 0 aliphatic heterocycles. The zero-order valence-corrected chi connectivity index (χ0v) is 14.7. The van der Waals surface area contributed by atoms with Crippen molar-refractivity contribution in [1.82, 2.24) is 10.0 Å². The summed E-state index contributed by atoms with van der Waals surface area (Å²) in [6.07, 6.45) is 0. The number of halogens is 1. The predicted octanol–water partition coefficient (Wildman–Crippen LogP) is 2.30. The minimum atomic E-state index is -3.44. The van der Waals surface area contributed by atoms with Crippen molar-refractivity contribution in [2.45, 2.75) is 6.54 Å². The Morgan fingerprint density at radius 1 is 1.04 bits per heavy atom. The molecule has 2 rings (SSSR count). The number of carbonyl (C=O) groups excluding carboxylic acids is 1. The minimum Gasteiger partial charge on any atom is -0.351 e. The molecule has 122 valence electrons. The van der Waals surface area contributed by atoms with E-state index in [9.17, 15) is 13.2 Å². The van der Waals surface area contributed by atoms with E-state index < -0.39 is 10.0 Å². The average molecular weight is 397 g/mol. The molecule has 2 aromatic carbocycles. The summed E-state index contributed by atoms with van der Waals surface area (Å²) >= 11 is 3.29. The lowest BCUT2D eigenvalue weighted by atomic mass is 10.2. The van der Waals surface area contributed by atoms with Crippen molar-refractivity contribution in [3.8, 4) is 0 Å². The third kappa shape index (κ3) is 6.13. The Bertz CT molecular complexity index is 764. The summed E-state index contributed by atoms with van der Waals surface area (Å²) in [5.74, 6) is -0.468. The summed E-state index contributed by atoms with van der Waals surface area (Å²) in [6, 6.07) is 16.2. The summed E-state index contributed by atoms with van der Waals surface area (Å²) in [7, 11) is -3.44. The molecule has 7 heteroatoms. The van der Waals surface area contributed by atoms with Crippen LogP contribution in [-0.4, -0.2) is 26.6 Å². The number of benzene rings is 2. The molecule has 0 fully saturated rings. The first-order chi connectivity index (χ1) is 11.0. The van der Waals surface area contributed by atoms with Crippen molar-refractivity contribution in [3.63, 3.8) is 0 Å². The van der Waals surface area contributed by atoms with Crippen LogP contribution in [0.4, 0.5) is 0 Å². The monoisotopic (exact) mass is 396 g/mol. The molecule has 1 amide bonds. The third-order valence-electron chi connectivity index (χ3n) is 3.08. The summed E-state index contributed by atoms with van der Waals surface area (Å²) in [5.41, 5.74) is 1.36. The van der Waals surface area contributed by atoms with E-state index >= 15 is 0 Å². The van der Waals surface area contributed by atoms with Crippen LogP contribution in [0.25, 0.3) is 0 Å². The Morgan fingerprint density at radius 3 is 2.48 bits per heavy atom. The van der Waals surface area contributed by atoms with Crippen molar-refractivity contribution < 1.29 is 13.2 Å². The second-order valence-electron chi connectivity index (χ2n) is 4.89. The van der Waals surface area contributed by atoms with Crippen LogP contribution in [0, 0.1) is 0 Å². The smallest absolute Gasteiger partial charge is 0.251 e. The van der Waals surface area contributed by atoms with Crippen LogP contribution in [0.3, 0.4) is 0 Å². The van der Waals surface area contributed by atoms with Crippen LogP contribution in [0.1, 0.15) is 15.9 Å². The molecule has 2 aromatic rings. The number of hydrogen-bond acceptors (Lipinski definition) is 3. The van der Waals surface area contributed by atoms with Gasteiger partial charge in [-0.15, -0.1) is 0 Å². The molecule has 0 bridgehead atoms. The van der Waals surface area contributed by atoms with Gasteiger partial charge in [-0.05, 0) is 23.8 Å². The molecule has 0 saturated heterocycles. The first-order valence-corrected chi connectivity index (χ1v) is 9.46. The van der Waals surface area contributed by atoms with Gasteiger partial charge in [0, 0.05) is 23.1 Å². The fourth-order valence-electron chi connectivity index (χ4n) is 1.89. The van der Waals surface area contributed by atoms with E-state index in [4.69, 9.17) is 0 Å². The van der Waals surface area contributed by atoms with Gasteiger partial charge in [-0.2, -0.15) is 0 Å². The Labute approximate surface area is 144 Å². The Hall–Kier alpha value is -1.70. The van der Waals surface area contributed by atoms with Crippen molar-refractivity contribution in [3.05, 3.63) is 70.2 Å². The van der Waals surface area contributed by atoms with Crippen LogP contribution in [0.5, 0.6) is 0 Å². The fourth-order valence-corrected chi connectivity index (χ4v) is 3.19. The van der Waals surface area contributed by atoms with E-state index in [0.29, 0.717) is 5.56 Å². The molecule has 0 unspecified atom stereocenters. The minimum absolute atomic E-state index is 0.0511. The van der Waals surface area contributed by atoms with Gasteiger partial charge < -0.3 is 5.32 Å². The highest BCUT2D eigenvalue weighted by atomic mass is 79.9. The quantitative estimate of drug-likeness (QED) is 0.753. The summed E-state index contributed by atoms with van der Waals surface area (Å²) in [4.78, 5) is 11.9. The van der Waals surface area contributed by atoms with E-state index in [1.165, 1.54) is 0 Å². The molecule has 0 saturated carbocycles. The van der Waals surface area contributed by atoms with Crippen LogP contribution in [-0.2, 0) is 16.6 Å². The predicted molar refractivity (Wildman–Crippen MR) is 93.5 cm³/mol. The van der Waals surface area contributed by atoms with Gasteiger partial charge in [0.15, 0.2) is 0 Å². The maximum absolute atomic E-state index is 11.9. The first kappa shape index (κ1) is 17.7. The van der Waals surface area contributed by atoms with Gasteiger partial charge in [-0.1, -0.05) is 52.3 Å². The molecule has 0 heterocycles. The highest BCUT2D eigenvalue weighted by Crippen LogP contribution is 2.11. The summed E-state index contributed by atoms with van der Waals surface area (Å²) in [6.45, 7) is 0.290. The van der Waals surface area contributed by atoms with Gasteiger partial charge in [-0.25, -0.2) is 13.1 Å². The van der Waals surface area contributed by atoms with Gasteiger partial charge in [0.25, 0.3) is 5.91 Å². The van der Waals surface area contributed by atoms with Crippen molar-refractivity contribution in [1.29, 1.82) is 0 Å². The first-order valence-electron chi connectivity index (χ1n) is 7.01. The second kappa shape index (κ2) is 8.24. The Morgan fingerprint density at radius 2 is 1.78 bits per heavy atom. The highest BCUT2D eigenvalue weighted by Gasteiger charge is 2.11. The SMILES string of the molecule is O=C(NCCS(=O)(=O)NCc1ccccc1)c1cccc(Br)c1. The van der Waals surface area contributed by atoms with E-state index in [0.717, 1.165) is 10.0 Å². The number of sulfonamides is 1. The molecule has 0 aliphatic carbocycles. The maximum Gasteiger partial charge on any atom is 0.251 e. The normalized spacial score (nSPS) is 11.2. The van der Waals surface area contributed by atoms with Crippen molar-refractivity contribution >= 4 is 31.9 Å². The largest absolute Gasteiger partial charge is 0.351 e. The maximum atomic E-state index is 11.9. The molecule has 2 N–H and O–H groups in total. The topological polar surface area (TPSA) is 75.3 Å². The molecular formula is C16H17BrN2O3S. The van der Waals surface area contributed by atoms with E-state index in [2.05, 4.69) is 26.0 Å². The van der Waals surface area contributed by atoms with Crippen LogP contribution in [0.2, 0.25) is 0 Å². The lowest BCUT2D eigenvalue weighted by molar-refractivity contribution is 0.0956. The van der Waals surface area contributed by atoms with Crippen LogP contribution >= 0.6 is 15.9 Å². The third-order valence-corrected chi connectivity index (χ3v) is 4.90. The standard InChI is InChI=1S/C16H17BrN2O3S/c17-15-8-4-7-14(11-15)16(20)18-9-10-23(21,22)19-12-13-5-2-1-3-6-13/h1-8,11,19H,9-10,12H2,(H,18,20). The number of hydrogen-bond donors (Lipinski definition) is 2. The lowest BCUT2D eigenvalue weighted by Crippen LogP contribution is -2.34. The number of amides is 1. The fraction of sp³-hybridized carbons (Fsp3) is 0.188. The molecule has 5 nitrogen and oxygen atoms in total. The van der Waals surface area contributed by atoms with Gasteiger partial charge in [0.05, 0.1) is 5.75 Å². The van der Waals surface area contributed by atoms with E-state index in [1.807, 2.05) is 36.4 Å². The number of rotatable bonds is 7. The van der Waals surface area contributed by atoms with E-state index in [1.54, 1.807) is 18.2 Å². The van der Waals surface area contributed by atoms with Crippen LogP contribution < -0.4 is 10.0 Å². The molecular weight excluding hydrogens is 380 g/mol. The zero-order valence-electron chi connectivity index (χ0n) is 12.3. The van der Waals surface area contributed by atoms with Gasteiger partial charge in [-0.3, -0.25) is 4.79 Å². The van der Waals surface area contributed by atoms with Crippen LogP contribution in [0.15, 0.2) is 59.1 Å². The molecule has 0 aliphatic rings. The van der Waals surface area contributed by atoms with Crippen molar-refractivity contribution in [2.24, 2.45) is 0 Å². The molecule has 0 aromatic heterocycles.